The minimum Gasteiger partial charge on any atom is -0.481 e. The lowest BCUT2D eigenvalue weighted by Gasteiger charge is -2.71. The number of allylic oxidation sites excluding steroid dienone is 3. The van der Waals surface area contributed by atoms with Crippen molar-refractivity contribution in [2.24, 2.45) is 44.8 Å². The van der Waals surface area contributed by atoms with Crippen molar-refractivity contribution in [2.75, 3.05) is 19.8 Å². The number of rotatable bonds is 12. The van der Waals surface area contributed by atoms with E-state index in [9.17, 15) is 71.2 Å². The number of carboxylic acid groups (broad SMARTS) is 1. The second-order valence-electron chi connectivity index (χ2n) is 26.7. The molecule has 13 N–H and O–H groups in total. The Hall–Kier alpha value is -1.93. The number of aliphatic carboxylic acids is 1. The summed E-state index contributed by atoms with van der Waals surface area (Å²) < 4.78 is 60.1. The van der Waals surface area contributed by atoms with Crippen LogP contribution in [0.3, 0.4) is 0 Å². The van der Waals surface area contributed by atoms with Crippen LogP contribution in [0.2, 0.25) is 0 Å². The lowest BCUT2D eigenvalue weighted by atomic mass is 9.34. The Morgan fingerprint density at radius 2 is 1.20 bits per heavy atom. The van der Waals surface area contributed by atoms with E-state index in [0.717, 1.165) is 44.1 Å². The fraction of sp³-hybridized carbons (Fsp3) is 0.912. The molecule has 0 aromatic rings. The van der Waals surface area contributed by atoms with E-state index in [1.54, 1.807) is 0 Å². The molecule has 0 radical (unpaired) electrons. The average Bonchev–Trinajstić information content (AvgIpc) is 1.23. The van der Waals surface area contributed by atoms with Crippen molar-refractivity contribution in [3.8, 4) is 0 Å². The molecule has 0 unspecified atom stereocenters. The summed E-state index contributed by atoms with van der Waals surface area (Å²) in [6.07, 6.45) is -27.9. The monoisotopic (exact) mass is 1160 g/mol. The van der Waals surface area contributed by atoms with E-state index < -0.39 is 177 Å². The van der Waals surface area contributed by atoms with Gasteiger partial charge in [-0.15, -0.1) is 0 Å². The Balaban J connectivity index is 0.841. The Kier molecular flexibility index (Phi) is 17.6. The van der Waals surface area contributed by atoms with E-state index in [-0.39, 0.29) is 34.7 Å². The number of hydrogen-bond acceptors (Lipinski definition) is 23. The molecule has 0 amide bonds. The lowest BCUT2D eigenvalue weighted by molar-refractivity contribution is -0.399. The highest BCUT2D eigenvalue weighted by atomic mass is 16.8. The van der Waals surface area contributed by atoms with Gasteiger partial charge in [-0.25, -0.2) is 0 Å². The van der Waals surface area contributed by atoms with Crippen molar-refractivity contribution in [2.45, 2.75) is 260 Å². The van der Waals surface area contributed by atoms with Crippen LogP contribution in [0.15, 0.2) is 23.8 Å². The number of carboxylic acids is 1. The highest BCUT2D eigenvalue weighted by Gasteiger charge is 2.69. The van der Waals surface area contributed by atoms with Crippen molar-refractivity contribution >= 4 is 5.97 Å². The molecule has 5 saturated heterocycles. The molecule has 5 aliphatic heterocycles. The molecule has 4 saturated carbocycles. The van der Waals surface area contributed by atoms with Crippen LogP contribution < -0.4 is 0 Å². The van der Waals surface area contributed by atoms with Crippen LogP contribution in [0.5, 0.6) is 0 Å². The molecule has 24 nitrogen and oxygen atoms in total. The first-order valence-electron chi connectivity index (χ1n) is 29.2. The third-order valence-corrected chi connectivity index (χ3v) is 22.2. The van der Waals surface area contributed by atoms with Gasteiger partial charge in [0.2, 0.25) is 0 Å². The van der Waals surface area contributed by atoms with Crippen LogP contribution in [-0.2, 0) is 52.2 Å². The number of ether oxygens (including phenoxy) is 10. The van der Waals surface area contributed by atoms with Crippen molar-refractivity contribution in [1.82, 2.24) is 0 Å². The van der Waals surface area contributed by atoms with Gasteiger partial charge >= 0.3 is 5.97 Å². The van der Waals surface area contributed by atoms with E-state index in [4.69, 9.17) is 47.4 Å². The van der Waals surface area contributed by atoms with Gasteiger partial charge in [0.25, 0.3) is 0 Å². The minimum absolute atomic E-state index is 0.0706. The third-order valence-electron chi connectivity index (χ3n) is 22.2. The zero-order chi connectivity index (χ0) is 58.8. The molecule has 31 atom stereocenters. The average molecular weight is 1160 g/mol. The Labute approximate surface area is 471 Å². The molecule has 10 rings (SSSR count). The Morgan fingerprint density at radius 3 is 1.84 bits per heavy atom. The van der Waals surface area contributed by atoms with Gasteiger partial charge in [0, 0.05) is 5.92 Å². The number of fused-ring (bicyclic) bond motifs is 7. The quantitative estimate of drug-likeness (QED) is 0.0842. The molecular weight excluding hydrogens is 1070 g/mol. The van der Waals surface area contributed by atoms with Gasteiger partial charge in [0.15, 0.2) is 31.5 Å². The van der Waals surface area contributed by atoms with E-state index >= 15 is 0 Å². The predicted octanol–water partition coefficient (Wildman–Crippen LogP) is -0.782. The summed E-state index contributed by atoms with van der Waals surface area (Å²) in [5.41, 5.74) is 0.777. The normalized spacial score (nSPS) is 54.7. The molecule has 10 aliphatic rings. The molecule has 81 heavy (non-hydrogen) atoms. The van der Waals surface area contributed by atoms with E-state index in [1.807, 2.05) is 0 Å². The van der Waals surface area contributed by atoms with Gasteiger partial charge in [-0.05, 0) is 112 Å². The van der Waals surface area contributed by atoms with E-state index in [2.05, 4.69) is 47.3 Å². The molecule has 0 spiro atoms. The van der Waals surface area contributed by atoms with Crippen LogP contribution in [0.1, 0.15) is 113 Å². The van der Waals surface area contributed by atoms with Crippen molar-refractivity contribution in [1.29, 1.82) is 0 Å². The predicted molar refractivity (Wildman–Crippen MR) is 276 cm³/mol. The van der Waals surface area contributed by atoms with Crippen LogP contribution in [0, 0.1) is 44.8 Å². The molecule has 0 aromatic carbocycles. The fourth-order valence-electron chi connectivity index (χ4n) is 17.0. The minimum atomic E-state index is -1.98. The highest BCUT2D eigenvalue weighted by Crippen LogP contribution is 2.75. The molecule has 5 aliphatic carbocycles. The zero-order valence-corrected chi connectivity index (χ0v) is 47.4. The molecule has 5 heterocycles. The van der Waals surface area contributed by atoms with Crippen LogP contribution in [0.25, 0.3) is 0 Å². The maximum atomic E-state index is 13.1. The van der Waals surface area contributed by atoms with Crippen LogP contribution in [0.4, 0.5) is 0 Å². The van der Waals surface area contributed by atoms with Crippen LogP contribution >= 0.6 is 0 Å². The number of carbonyl (C=O) groups is 1. The number of hydrogen-bond donors (Lipinski definition) is 13. The smallest absolute Gasteiger partial charge is 0.310 e. The molecule has 0 bridgehead atoms. The van der Waals surface area contributed by atoms with E-state index in [0.29, 0.717) is 31.6 Å². The summed E-state index contributed by atoms with van der Waals surface area (Å²) in [4.78, 5) is 13.1. The van der Waals surface area contributed by atoms with Gasteiger partial charge < -0.3 is 114 Å². The van der Waals surface area contributed by atoms with Gasteiger partial charge in [-0.1, -0.05) is 58.4 Å². The summed E-state index contributed by atoms with van der Waals surface area (Å²) in [6.45, 7) is 17.0. The summed E-state index contributed by atoms with van der Waals surface area (Å²) >= 11 is 0. The summed E-state index contributed by atoms with van der Waals surface area (Å²) in [7, 11) is 0. The summed E-state index contributed by atoms with van der Waals surface area (Å²) in [5.74, 6) is -0.294. The van der Waals surface area contributed by atoms with Crippen molar-refractivity contribution in [3.63, 3.8) is 0 Å². The zero-order valence-electron chi connectivity index (χ0n) is 47.4. The second kappa shape index (κ2) is 23.0. The molecule has 24 heteroatoms. The molecule has 0 aromatic heterocycles. The second-order valence-corrected chi connectivity index (χ2v) is 26.7. The van der Waals surface area contributed by atoms with Crippen molar-refractivity contribution in [3.05, 3.63) is 23.8 Å². The van der Waals surface area contributed by atoms with Crippen LogP contribution in [-0.4, -0.2) is 240 Å². The SMILES string of the molecule is C=C1CC[C@]2(C(=O)O)CC[C@@]3(C)C(=CC[C@@H]4[C@@]5(C)CC[C@@H](O[C@H]6OC[C@H](O)[C@@H](O[C@@H]7O[C@H](CO)[C@@H](O[C@H]8OC[C@H](O[C@H]9O[C@@H](C)[C@H](O)[C@@H](O)[C@@H]9O)[C@@H](O)[C@@H]8O)[C@H](O)[C@H]7O[C@H]7O[C@@H](C)[C@H](O)[C@@H](O)[C@@H]7O)[C@@H]6O)C(C)(C)[C@H]5CC[C@@]43C)[C@@H]2C1. The Morgan fingerprint density at radius 1 is 0.605 bits per heavy atom. The fourth-order valence-corrected chi connectivity index (χ4v) is 17.0. The third kappa shape index (κ3) is 10.3. The highest BCUT2D eigenvalue weighted by molar-refractivity contribution is 5.77. The summed E-state index contributed by atoms with van der Waals surface area (Å²) in [6, 6.07) is 0. The number of aliphatic hydroxyl groups excluding tert-OH is 12. The van der Waals surface area contributed by atoms with Crippen molar-refractivity contribution < 1.29 is 119 Å². The Bertz CT molecular complexity index is 2290. The van der Waals surface area contributed by atoms with Gasteiger partial charge in [0.05, 0.1) is 43.5 Å². The molecule has 9 fully saturated rings. The maximum Gasteiger partial charge on any atom is 0.310 e. The topological polar surface area (TPSA) is 372 Å². The van der Waals surface area contributed by atoms with Gasteiger partial charge in [-0.2, -0.15) is 0 Å². The van der Waals surface area contributed by atoms with Gasteiger partial charge in [0.1, 0.15) is 97.7 Å². The lowest BCUT2D eigenvalue weighted by Crippen LogP contribution is -2.67. The first-order valence-corrected chi connectivity index (χ1v) is 29.2. The molecular formula is C57H90O24. The largest absolute Gasteiger partial charge is 0.481 e. The standard InChI is InChI=1S/C57H90O24/c1-23-11-16-57(52(70)71)18-17-55(7)26(27(57)19-23)9-10-32-54(6)14-13-33(53(4,5)31(54)12-15-56(32,55)8)78-48-43(69)44(28(59)21-72-48)79-51-46(81-50-41(67)38(64)35(61)25(3)75-50)42(68)45(29(20-58)76-51)80-47-39(65)36(62)30(22-73-47)77-49-40(66)37(63)34(60)24(2)74-49/h9,24-25,27-51,58-69H,1,10-22H2,2-8H3,(H,70,71)/t24-,25-,27-,28-,29+,30-,31+,32+,33+,34-,35-,36+,37+,38+,39-,40-,41-,42-,43-,44+,45+,46+,47+,48+,49+,50+,51-,54-,55-,56-,57-/m0/s1. The maximum absolute atomic E-state index is 13.1. The summed E-state index contributed by atoms with van der Waals surface area (Å²) in [5, 5.41) is 143. The first kappa shape index (κ1) is 62.1. The number of aliphatic hydroxyl groups is 12. The van der Waals surface area contributed by atoms with E-state index in [1.165, 1.54) is 19.4 Å². The first-order chi connectivity index (χ1) is 38.0. The van der Waals surface area contributed by atoms with Gasteiger partial charge in [-0.3, -0.25) is 4.79 Å². The molecule has 462 valence electrons.